The third kappa shape index (κ3) is 3.81. The van der Waals surface area contributed by atoms with Crippen molar-refractivity contribution < 1.29 is 27.5 Å². The van der Waals surface area contributed by atoms with Crippen LogP contribution in [-0.4, -0.2) is 25.0 Å². The molecule has 2 aromatic carbocycles. The molecule has 7 heteroatoms. The number of carbonyl (C=O) groups excluding carboxylic acids is 2. The van der Waals surface area contributed by atoms with E-state index in [1.54, 1.807) is 13.8 Å². The molecule has 0 radical (unpaired) electrons. The summed E-state index contributed by atoms with van der Waals surface area (Å²) in [7, 11) is 0. The van der Waals surface area contributed by atoms with Crippen LogP contribution < -0.4 is 4.90 Å². The van der Waals surface area contributed by atoms with Crippen LogP contribution in [-0.2, 0) is 9.53 Å². The van der Waals surface area contributed by atoms with Crippen molar-refractivity contribution in [1.82, 2.24) is 0 Å². The van der Waals surface area contributed by atoms with Crippen LogP contribution >= 0.6 is 0 Å². The number of nitrogens with zero attached hydrogens (tertiary/aromatic N) is 1. The SMILES string of the molecule is CCN(C(=O)COC(=O)c1oc2ccc(F)cc2c1C)c1ccc(F)cc1. The van der Waals surface area contributed by atoms with Gasteiger partial charge in [0.05, 0.1) is 0 Å². The number of hydrogen-bond donors (Lipinski definition) is 0. The topological polar surface area (TPSA) is 59.8 Å². The molecule has 140 valence electrons. The van der Waals surface area contributed by atoms with Crippen LogP contribution in [0.25, 0.3) is 11.0 Å². The van der Waals surface area contributed by atoms with Gasteiger partial charge in [0.1, 0.15) is 17.2 Å². The maximum Gasteiger partial charge on any atom is 0.375 e. The van der Waals surface area contributed by atoms with E-state index in [2.05, 4.69) is 0 Å². The van der Waals surface area contributed by atoms with Crippen molar-refractivity contribution in [1.29, 1.82) is 0 Å². The van der Waals surface area contributed by atoms with Gasteiger partial charge in [0.25, 0.3) is 5.91 Å². The third-order valence-corrected chi connectivity index (χ3v) is 4.17. The van der Waals surface area contributed by atoms with Crippen molar-refractivity contribution in [2.24, 2.45) is 0 Å². The Balaban J connectivity index is 1.72. The van der Waals surface area contributed by atoms with Crippen LogP contribution in [0.5, 0.6) is 0 Å². The number of anilines is 1. The quantitative estimate of drug-likeness (QED) is 0.628. The van der Waals surface area contributed by atoms with Crippen molar-refractivity contribution in [3.05, 3.63) is 65.4 Å². The largest absolute Gasteiger partial charge is 0.450 e. The number of carbonyl (C=O) groups is 2. The van der Waals surface area contributed by atoms with Crippen LogP contribution in [0, 0.1) is 18.6 Å². The Bertz CT molecular complexity index is 995. The first-order chi connectivity index (χ1) is 12.9. The Hall–Kier alpha value is -3.22. The molecule has 1 amide bonds. The van der Waals surface area contributed by atoms with E-state index in [9.17, 15) is 18.4 Å². The van der Waals surface area contributed by atoms with E-state index in [4.69, 9.17) is 9.15 Å². The van der Waals surface area contributed by atoms with Gasteiger partial charge >= 0.3 is 5.97 Å². The second-order valence-corrected chi connectivity index (χ2v) is 5.89. The van der Waals surface area contributed by atoms with Gasteiger partial charge in [0, 0.05) is 23.2 Å². The van der Waals surface area contributed by atoms with Crippen LogP contribution in [0.4, 0.5) is 14.5 Å². The maximum absolute atomic E-state index is 13.4. The minimum atomic E-state index is -0.812. The Morgan fingerprint density at radius 3 is 2.41 bits per heavy atom. The first-order valence-corrected chi connectivity index (χ1v) is 8.32. The number of likely N-dealkylation sites (N-methyl/N-ethyl adjacent to an activating group) is 1. The average Bonchev–Trinajstić information content (AvgIpc) is 2.98. The molecular weight excluding hydrogens is 356 g/mol. The lowest BCUT2D eigenvalue weighted by Crippen LogP contribution is -2.34. The van der Waals surface area contributed by atoms with Gasteiger partial charge in [-0.2, -0.15) is 0 Å². The van der Waals surface area contributed by atoms with Crippen molar-refractivity contribution in [3.8, 4) is 0 Å². The number of halogens is 2. The Labute approximate surface area is 154 Å². The summed E-state index contributed by atoms with van der Waals surface area (Å²) >= 11 is 0. The lowest BCUT2D eigenvalue weighted by molar-refractivity contribution is -0.121. The van der Waals surface area contributed by atoms with Crippen molar-refractivity contribution in [2.45, 2.75) is 13.8 Å². The molecule has 0 saturated heterocycles. The summed E-state index contributed by atoms with van der Waals surface area (Å²) in [5.41, 5.74) is 1.29. The van der Waals surface area contributed by atoms with Crippen molar-refractivity contribution >= 4 is 28.5 Å². The highest BCUT2D eigenvalue weighted by molar-refractivity contribution is 5.99. The molecule has 27 heavy (non-hydrogen) atoms. The molecule has 0 aliphatic carbocycles. The van der Waals surface area contributed by atoms with Gasteiger partial charge < -0.3 is 14.1 Å². The highest BCUT2D eigenvalue weighted by atomic mass is 19.1. The van der Waals surface area contributed by atoms with E-state index >= 15 is 0 Å². The summed E-state index contributed by atoms with van der Waals surface area (Å²) in [5, 5.41) is 0.467. The molecule has 0 fully saturated rings. The molecule has 3 aromatic rings. The van der Waals surface area contributed by atoms with Gasteiger partial charge in [-0.05, 0) is 56.3 Å². The van der Waals surface area contributed by atoms with Crippen LogP contribution in [0.15, 0.2) is 46.9 Å². The number of aryl methyl sites for hydroxylation is 1. The molecule has 0 N–H and O–H groups in total. The molecule has 0 aliphatic rings. The molecule has 0 aliphatic heterocycles. The lowest BCUT2D eigenvalue weighted by Gasteiger charge is -2.20. The number of ether oxygens (including phenoxy) is 1. The summed E-state index contributed by atoms with van der Waals surface area (Å²) in [6.45, 7) is 3.18. The van der Waals surface area contributed by atoms with Gasteiger partial charge in [0.2, 0.25) is 5.76 Å². The number of amides is 1. The Kier molecular flexibility index (Phi) is 5.21. The number of hydrogen-bond acceptors (Lipinski definition) is 4. The molecule has 0 atom stereocenters. The molecule has 1 heterocycles. The standard InChI is InChI=1S/C20H17F2NO4/c1-3-23(15-7-4-13(21)5-8-15)18(24)11-26-20(25)19-12(2)16-10-14(22)6-9-17(16)27-19/h4-10H,3,11H2,1-2H3. The predicted octanol–water partition coefficient (Wildman–Crippen LogP) is 4.23. The zero-order valence-corrected chi connectivity index (χ0v) is 14.8. The summed E-state index contributed by atoms with van der Waals surface area (Å²) in [6.07, 6.45) is 0. The molecule has 0 unspecified atom stereocenters. The molecule has 3 rings (SSSR count). The van der Waals surface area contributed by atoms with Gasteiger partial charge in [-0.3, -0.25) is 4.79 Å². The van der Waals surface area contributed by atoms with E-state index in [1.807, 2.05) is 0 Å². The minimum Gasteiger partial charge on any atom is -0.450 e. The Morgan fingerprint density at radius 2 is 1.74 bits per heavy atom. The smallest absolute Gasteiger partial charge is 0.375 e. The minimum absolute atomic E-state index is 0.0757. The number of fused-ring (bicyclic) bond motifs is 1. The summed E-state index contributed by atoms with van der Waals surface area (Å²) in [5.74, 6) is -2.21. The maximum atomic E-state index is 13.4. The molecule has 0 spiro atoms. The van der Waals surface area contributed by atoms with E-state index in [1.165, 1.54) is 47.4 Å². The third-order valence-electron chi connectivity index (χ3n) is 4.17. The fourth-order valence-corrected chi connectivity index (χ4v) is 2.78. The number of esters is 1. The number of benzene rings is 2. The fourth-order valence-electron chi connectivity index (χ4n) is 2.78. The number of furan rings is 1. The normalized spacial score (nSPS) is 10.8. The van der Waals surface area contributed by atoms with E-state index < -0.39 is 30.1 Å². The zero-order valence-electron chi connectivity index (χ0n) is 14.8. The molecule has 0 saturated carbocycles. The predicted molar refractivity (Wildman–Crippen MR) is 95.6 cm³/mol. The summed E-state index contributed by atoms with van der Waals surface area (Å²) in [6, 6.07) is 9.34. The summed E-state index contributed by atoms with van der Waals surface area (Å²) < 4.78 is 36.9. The van der Waals surface area contributed by atoms with Crippen LogP contribution in [0.3, 0.4) is 0 Å². The molecule has 5 nitrogen and oxygen atoms in total. The fraction of sp³-hybridized carbons (Fsp3) is 0.200. The molecular formula is C20H17F2NO4. The summed E-state index contributed by atoms with van der Waals surface area (Å²) in [4.78, 5) is 26.0. The lowest BCUT2D eigenvalue weighted by atomic mass is 10.1. The molecule has 0 bridgehead atoms. The Morgan fingerprint density at radius 1 is 1.07 bits per heavy atom. The van der Waals surface area contributed by atoms with E-state index in [-0.39, 0.29) is 5.76 Å². The van der Waals surface area contributed by atoms with Gasteiger partial charge in [-0.1, -0.05) is 0 Å². The first-order valence-electron chi connectivity index (χ1n) is 8.32. The first kappa shape index (κ1) is 18.6. The second kappa shape index (κ2) is 7.57. The van der Waals surface area contributed by atoms with Crippen molar-refractivity contribution in [3.63, 3.8) is 0 Å². The van der Waals surface area contributed by atoms with Gasteiger partial charge in [-0.25, -0.2) is 13.6 Å². The van der Waals surface area contributed by atoms with E-state index in [0.29, 0.717) is 28.8 Å². The number of rotatable bonds is 5. The molecule has 1 aromatic heterocycles. The monoisotopic (exact) mass is 373 g/mol. The van der Waals surface area contributed by atoms with Gasteiger partial charge in [-0.15, -0.1) is 0 Å². The van der Waals surface area contributed by atoms with E-state index in [0.717, 1.165) is 0 Å². The highest BCUT2D eigenvalue weighted by Crippen LogP contribution is 2.26. The van der Waals surface area contributed by atoms with Crippen LogP contribution in [0.2, 0.25) is 0 Å². The second-order valence-electron chi connectivity index (χ2n) is 5.89. The van der Waals surface area contributed by atoms with Gasteiger partial charge in [0.15, 0.2) is 6.61 Å². The van der Waals surface area contributed by atoms with Crippen molar-refractivity contribution in [2.75, 3.05) is 18.1 Å². The van der Waals surface area contributed by atoms with Crippen LogP contribution in [0.1, 0.15) is 23.0 Å². The zero-order chi connectivity index (χ0) is 19.6. The highest BCUT2D eigenvalue weighted by Gasteiger charge is 2.22. The average molecular weight is 373 g/mol.